The zero-order chi connectivity index (χ0) is 12.6. The molecule has 1 fully saturated rings. The van der Waals surface area contributed by atoms with E-state index < -0.39 is 0 Å². The first-order valence-electron chi connectivity index (χ1n) is 6.82. The van der Waals surface area contributed by atoms with E-state index in [0.29, 0.717) is 6.04 Å². The molecular weight excluding hydrogens is 226 g/mol. The van der Waals surface area contributed by atoms with E-state index in [0.717, 1.165) is 31.9 Å². The van der Waals surface area contributed by atoms with Gasteiger partial charge in [-0.05, 0) is 43.5 Å². The van der Waals surface area contributed by atoms with Crippen LogP contribution in [-0.4, -0.2) is 32.9 Å². The molecule has 1 aliphatic heterocycles. The second-order valence-corrected chi connectivity index (χ2v) is 4.84. The molecule has 1 saturated heterocycles. The Kier molecular flexibility index (Phi) is 5.49. The van der Waals surface area contributed by atoms with Crippen LogP contribution in [-0.2, 0) is 11.2 Å². The average Bonchev–Trinajstić information content (AvgIpc) is 2.45. The van der Waals surface area contributed by atoms with E-state index in [-0.39, 0.29) is 0 Å². The molecule has 100 valence electrons. The maximum atomic E-state index is 5.81. The topological polar surface area (TPSA) is 30.5 Å². The normalized spacial score (nSPS) is 19.7. The zero-order valence-electron chi connectivity index (χ0n) is 11.2. The lowest BCUT2D eigenvalue weighted by atomic mass is 10.1. The quantitative estimate of drug-likeness (QED) is 0.839. The number of benzene rings is 1. The zero-order valence-corrected chi connectivity index (χ0v) is 11.2. The van der Waals surface area contributed by atoms with E-state index in [1.54, 1.807) is 7.11 Å². The highest BCUT2D eigenvalue weighted by molar-refractivity contribution is 5.27. The third-order valence-electron chi connectivity index (χ3n) is 3.38. The van der Waals surface area contributed by atoms with Gasteiger partial charge in [-0.2, -0.15) is 0 Å². The number of nitrogens with one attached hydrogen (secondary N) is 1. The van der Waals surface area contributed by atoms with Crippen molar-refractivity contribution in [2.45, 2.75) is 31.7 Å². The average molecular weight is 249 g/mol. The fourth-order valence-corrected chi connectivity index (χ4v) is 2.24. The molecule has 3 heteroatoms. The van der Waals surface area contributed by atoms with Crippen LogP contribution in [0.5, 0.6) is 5.75 Å². The number of hydrogen-bond acceptors (Lipinski definition) is 3. The SMILES string of the molecule is COCCc1ccc(OCC2CCCCN2)cc1. The van der Waals surface area contributed by atoms with Gasteiger partial charge >= 0.3 is 0 Å². The van der Waals surface area contributed by atoms with E-state index in [4.69, 9.17) is 9.47 Å². The van der Waals surface area contributed by atoms with Crippen molar-refractivity contribution in [2.75, 3.05) is 26.9 Å². The fraction of sp³-hybridized carbons (Fsp3) is 0.600. The molecule has 3 nitrogen and oxygen atoms in total. The molecule has 0 aromatic heterocycles. The van der Waals surface area contributed by atoms with Crippen LogP contribution >= 0.6 is 0 Å². The Hall–Kier alpha value is -1.06. The standard InChI is InChI=1S/C15H23NO2/c1-17-11-9-13-5-7-15(8-6-13)18-12-14-4-2-3-10-16-14/h5-8,14,16H,2-4,9-12H2,1H3. The van der Waals surface area contributed by atoms with E-state index >= 15 is 0 Å². The van der Waals surface area contributed by atoms with Crippen molar-refractivity contribution in [2.24, 2.45) is 0 Å². The van der Waals surface area contributed by atoms with E-state index in [1.165, 1.54) is 24.8 Å². The Morgan fingerprint density at radius 3 is 2.72 bits per heavy atom. The van der Waals surface area contributed by atoms with Gasteiger partial charge in [0.25, 0.3) is 0 Å². The molecule has 1 aromatic carbocycles. The van der Waals surface area contributed by atoms with Crippen molar-refractivity contribution in [1.82, 2.24) is 5.32 Å². The van der Waals surface area contributed by atoms with E-state index in [9.17, 15) is 0 Å². The maximum absolute atomic E-state index is 5.81. The van der Waals surface area contributed by atoms with Crippen molar-refractivity contribution in [3.8, 4) is 5.75 Å². The summed E-state index contributed by atoms with van der Waals surface area (Å²) in [6.45, 7) is 2.67. The molecule has 1 aliphatic rings. The predicted octanol–water partition coefficient (Wildman–Crippen LogP) is 2.40. The van der Waals surface area contributed by atoms with Crippen LogP contribution in [0.4, 0.5) is 0 Å². The van der Waals surface area contributed by atoms with Gasteiger partial charge in [-0.1, -0.05) is 18.6 Å². The first kappa shape index (κ1) is 13.4. The summed E-state index contributed by atoms with van der Waals surface area (Å²) in [4.78, 5) is 0. The van der Waals surface area contributed by atoms with Gasteiger partial charge in [0.2, 0.25) is 0 Å². The molecule has 1 N–H and O–H groups in total. The molecule has 0 saturated carbocycles. The lowest BCUT2D eigenvalue weighted by Gasteiger charge is -2.23. The van der Waals surface area contributed by atoms with Gasteiger partial charge in [0.05, 0.1) is 6.61 Å². The second kappa shape index (κ2) is 7.39. The first-order valence-corrected chi connectivity index (χ1v) is 6.82. The molecule has 2 rings (SSSR count). The molecule has 1 unspecified atom stereocenters. The largest absolute Gasteiger partial charge is 0.492 e. The molecule has 0 radical (unpaired) electrons. The van der Waals surface area contributed by atoms with Crippen molar-refractivity contribution in [3.05, 3.63) is 29.8 Å². The highest BCUT2D eigenvalue weighted by Gasteiger charge is 2.12. The van der Waals surface area contributed by atoms with Crippen LogP contribution in [0.2, 0.25) is 0 Å². The van der Waals surface area contributed by atoms with Gasteiger partial charge in [-0.3, -0.25) is 0 Å². The molecule has 18 heavy (non-hydrogen) atoms. The molecule has 1 heterocycles. The minimum absolute atomic E-state index is 0.520. The number of hydrogen-bond donors (Lipinski definition) is 1. The molecule has 0 bridgehead atoms. The third kappa shape index (κ3) is 4.31. The molecular formula is C15H23NO2. The van der Waals surface area contributed by atoms with Gasteiger partial charge in [0, 0.05) is 13.2 Å². The molecule has 0 amide bonds. The predicted molar refractivity (Wildman–Crippen MR) is 73.2 cm³/mol. The van der Waals surface area contributed by atoms with Gasteiger partial charge in [0.1, 0.15) is 12.4 Å². The summed E-state index contributed by atoms with van der Waals surface area (Å²) >= 11 is 0. The Morgan fingerprint density at radius 1 is 1.22 bits per heavy atom. The van der Waals surface area contributed by atoms with Gasteiger partial charge in [0.15, 0.2) is 0 Å². The minimum atomic E-state index is 0.520. The van der Waals surface area contributed by atoms with Crippen LogP contribution in [0.25, 0.3) is 0 Å². The van der Waals surface area contributed by atoms with Crippen molar-refractivity contribution >= 4 is 0 Å². The van der Waals surface area contributed by atoms with Crippen LogP contribution in [0.1, 0.15) is 24.8 Å². The Bertz CT molecular complexity index is 331. The molecule has 1 aromatic rings. The molecule has 0 spiro atoms. The summed E-state index contributed by atoms with van der Waals surface area (Å²) in [5, 5.41) is 3.49. The van der Waals surface area contributed by atoms with Gasteiger partial charge in [-0.15, -0.1) is 0 Å². The van der Waals surface area contributed by atoms with Crippen molar-refractivity contribution in [3.63, 3.8) is 0 Å². The summed E-state index contributed by atoms with van der Waals surface area (Å²) < 4.78 is 10.9. The summed E-state index contributed by atoms with van der Waals surface area (Å²) in [5.41, 5.74) is 1.29. The van der Waals surface area contributed by atoms with Crippen LogP contribution < -0.4 is 10.1 Å². The minimum Gasteiger partial charge on any atom is -0.492 e. The van der Waals surface area contributed by atoms with Crippen LogP contribution in [0.3, 0.4) is 0 Å². The van der Waals surface area contributed by atoms with Gasteiger partial charge < -0.3 is 14.8 Å². The van der Waals surface area contributed by atoms with Crippen molar-refractivity contribution in [1.29, 1.82) is 0 Å². The number of rotatable bonds is 6. The van der Waals surface area contributed by atoms with E-state index in [2.05, 4.69) is 17.4 Å². The Labute approximate surface area is 109 Å². The monoisotopic (exact) mass is 249 g/mol. The summed E-state index contributed by atoms with van der Waals surface area (Å²) in [6.07, 6.45) is 4.80. The lowest BCUT2D eigenvalue weighted by molar-refractivity contribution is 0.202. The Balaban J connectivity index is 1.75. The number of piperidine rings is 1. The Morgan fingerprint density at radius 2 is 2.06 bits per heavy atom. The van der Waals surface area contributed by atoms with Crippen LogP contribution in [0, 0.1) is 0 Å². The highest BCUT2D eigenvalue weighted by atomic mass is 16.5. The summed E-state index contributed by atoms with van der Waals surface area (Å²) in [5.74, 6) is 0.962. The first-order chi connectivity index (χ1) is 8.88. The summed E-state index contributed by atoms with van der Waals surface area (Å²) in [6, 6.07) is 8.85. The van der Waals surface area contributed by atoms with E-state index in [1.807, 2.05) is 12.1 Å². The third-order valence-corrected chi connectivity index (χ3v) is 3.38. The number of ether oxygens (including phenoxy) is 2. The van der Waals surface area contributed by atoms with Gasteiger partial charge in [-0.25, -0.2) is 0 Å². The summed E-state index contributed by atoms with van der Waals surface area (Å²) in [7, 11) is 1.73. The number of methoxy groups -OCH3 is 1. The highest BCUT2D eigenvalue weighted by Crippen LogP contribution is 2.14. The molecule has 1 atom stereocenters. The van der Waals surface area contributed by atoms with Crippen molar-refractivity contribution < 1.29 is 9.47 Å². The fourth-order valence-electron chi connectivity index (χ4n) is 2.24. The second-order valence-electron chi connectivity index (χ2n) is 4.84. The lowest BCUT2D eigenvalue weighted by Crippen LogP contribution is -2.38. The smallest absolute Gasteiger partial charge is 0.119 e. The maximum Gasteiger partial charge on any atom is 0.119 e. The molecule has 0 aliphatic carbocycles. The van der Waals surface area contributed by atoms with Crippen LogP contribution in [0.15, 0.2) is 24.3 Å².